The summed E-state index contributed by atoms with van der Waals surface area (Å²) in [4.78, 5) is 12.1. The van der Waals surface area contributed by atoms with E-state index in [-0.39, 0.29) is 5.78 Å². The van der Waals surface area contributed by atoms with E-state index >= 15 is 4.39 Å². The van der Waals surface area contributed by atoms with E-state index in [0.29, 0.717) is 12.0 Å². The molecule has 0 spiro atoms. The van der Waals surface area contributed by atoms with Gasteiger partial charge in [0.15, 0.2) is 11.5 Å². The Kier molecular flexibility index (Phi) is 3.49. The van der Waals surface area contributed by atoms with E-state index in [2.05, 4.69) is 0 Å². The fourth-order valence-corrected chi connectivity index (χ4v) is 4.27. The molecule has 2 aromatic carbocycles. The molecule has 0 unspecified atom stereocenters. The van der Waals surface area contributed by atoms with Gasteiger partial charge < -0.3 is 0 Å². The zero-order chi connectivity index (χ0) is 16.6. The van der Waals surface area contributed by atoms with Crippen LogP contribution in [-0.4, -0.2) is 11.5 Å². The van der Waals surface area contributed by atoms with E-state index in [0.717, 1.165) is 24.0 Å². The third kappa shape index (κ3) is 2.17. The number of ketones is 1. The maximum absolute atomic E-state index is 15.7. The smallest absolute Gasteiger partial charge is 0.178 e. The lowest BCUT2D eigenvalue weighted by Crippen LogP contribution is -2.45. The summed E-state index contributed by atoms with van der Waals surface area (Å²) in [5.74, 6) is -0.128. The molecule has 24 heavy (non-hydrogen) atoms. The molecule has 1 fully saturated rings. The van der Waals surface area contributed by atoms with Crippen LogP contribution in [0.3, 0.4) is 0 Å². The van der Waals surface area contributed by atoms with E-state index in [4.69, 9.17) is 0 Å². The summed E-state index contributed by atoms with van der Waals surface area (Å²) >= 11 is 0. The van der Waals surface area contributed by atoms with Gasteiger partial charge in [-0.1, -0.05) is 60.7 Å². The standard InChI is InChI=1S/C22H19FO/c23-21-13-7-14-22(17-8-3-1-4-9-17,18-10-5-2-6-11-18)20(21)16-19(24)12-15-21/h1-6,8-12,15-16H,7,13-14H2/t21-/m1/s1. The molecule has 0 bridgehead atoms. The van der Waals surface area contributed by atoms with Gasteiger partial charge in [0.05, 0.1) is 0 Å². The molecule has 0 amide bonds. The molecule has 0 aliphatic heterocycles. The van der Waals surface area contributed by atoms with Gasteiger partial charge in [-0.25, -0.2) is 4.39 Å². The second kappa shape index (κ2) is 5.55. The van der Waals surface area contributed by atoms with E-state index in [9.17, 15) is 4.79 Å². The van der Waals surface area contributed by atoms with Gasteiger partial charge in [0.25, 0.3) is 0 Å². The quantitative estimate of drug-likeness (QED) is 0.767. The minimum atomic E-state index is -1.54. The summed E-state index contributed by atoms with van der Waals surface area (Å²) in [7, 11) is 0. The molecule has 0 saturated heterocycles. The average Bonchev–Trinajstić information content (AvgIpc) is 2.63. The van der Waals surface area contributed by atoms with E-state index in [1.807, 2.05) is 60.7 Å². The first-order valence-corrected chi connectivity index (χ1v) is 8.41. The first-order chi connectivity index (χ1) is 11.7. The van der Waals surface area contributed by atoms with Crippen molar-refractivity contribution in [2.45, 2.75) is 30.3 Å². The molecule has 1 atom stereocenters. The lowest BCUT2D eigenvalue weighted by atomic mass is 9.57. The molecule has 2 aromatic rings. The Morgan fingerprint density at radius 1 is 0.833 bits per heavy atom. The molecular weight excluding hydrogens is 299 g/mol. The monoisotopic (exact) mass is 318 g/mol. The number of allylic oxidation sites excluding steroid dienone is 4. The number of benzene rings is 2. The molecule has 4 rings (SSSR count). The molecule has 0 aromatic heterocycles. The fraction of sp³-hybridized carbons (Fsp3) is 0.227. The van der Waals surface area contributed by atoms with Gasteiger partial charge in [-0.05, 0) is 54.2 Å². The maximum Gasteiger partial charge on any atom is 0.178 e. The third-order valence-electron chi connectivity index (χ3n) is 5.33. The van der Waals surface area contributed by atoms with Crippen molar-refractivity contribution in [3.63, 3.8) is 0 Å². The summed E-state index contributed by atoms with van der Waals surface area (Å²) in [5, 5.41) is 0. The Labute approximate surface area is 141 Å². The second-order valence-electron chi connectivity index (χ2n) is 6.65. The Hall–Kier alpha value is -2.48. The van der Waals surface area contributed by atoms with Crippen molar-refractivity contribution in [2.75, 3.05) is 0 Å². The predicted octanol–water partition coefficient (Wildman–Crippen LogP) is 4.93. The van der Waals surface area contributed by atoms with Gasteiger partial charge in [-0.3, -0.25) is 4.79 Å². The molecule has 0 radical (unpaired) electrons. The van der Waals surface area contributed by atoms with Crippen molar-refractivity contribution in [1.29, 1.82) is 0 Å². The highest BCUT2D eigenvalue weighted by molar-refractivity contribution is 6.02. The maximum atomic E-state index is 15.7. The molecular formula is C22H19FO. The lowest BCUT2D eigenvalue weighted by molar-refractivity contribution is -0.110. The van der Waals surface area contributed by atoms with Crippen LogP contribution in [0.15, 0.2) is 84.5 Å². The van der Waals surface area contributed by atoms with Crippen LogP contribution in [0.4, 0.5) is 4.39 Å². The van der Waals surface area contributed by atoms with Gasteiger partial charge in [0.1, 0.15) is 0 Å². The molecule has 2 aliphatic rings. The predicted molar refractivity (Wildman–Crippen MR) is 93.6 cm³/mol. The highest BCUT2D eigenvalue weighted by atomic mass is 19.1. The highest BCUT2D eigenvalue weighted by Gasteiger charge is 2.51. The summed E-state index contributed by atoms with van der Waals surface area (Å²) in [5.41, 5.74) is 0.555. The summed E-state index contributed by atoms with van der Waals surface area (Å²) in [6.45, 7) is 0. The topological polar surface area (TPSA) is 17.1 Å². The average molecular weight is 318 g/mol. The van der Waals surface area contributed by atoms with Gasteiger partial charge >= 0.3 is 0 Å². The molecule has 1 saturated carbocycles. The number of fused-ring (bicyclic) bond motifs is 1. The highest BCUT2D eigenvalue weighted by Crippen LogP contribution is 2.54. The first-order valence-electron chi connectivity index (χ1n) is 8.41. The van der Waals surface area contributed by atoms with Crippen LogP contribution in [0.5, 0.6) is 0 Å². The van der Waals surface area contributed by atoms with Crippen molar-refractivity contribution < 1.29 is 9.18 Å². The van der Waals surface area contributed by atoms with Gasteiger partial charge in [0.2, 0.25) is 0 Å². The largest absolute Gasteiger partial charge is 0.290 e. The van der Waals surface area contributed by atoms with Crippen LogP contribution in [0.2, 0.25) is 0 Å². The normalized spacial score (nSPS) is 25.0. The van der Waals surface area contributed by atoms with E-state index in [1.165, 1.54) is 18.2 Å². The molecule has 0 heterocycles. The second-order valence-corrected chi connectivity index (χ2v) is 6.65. The molecule has 0 N–H and O–H groups in total. The first kappa shape index (κ1) is 15.1. The number of hydrogen-bond acceptors (Lipinski definition) is 1. The van der Waals surface area contributed by atoms with Crippen LogP contribution in [-0.2, 0) is 10.2 Å². The van der Waals surface area contributed by atoms with Gasteiger partial charge in [-0.2, -0.15) is 0 Å². The molecule has 120 valence electrons. The van der Waals surface area contributed by atoms with Gasteiger partial charge in [0, 0.05) is 5.41 Å². The summed E-state index contributed by atoms with van der Waals surface area (Å²) in [6, 6.07) is 20.0. The Morgan fingerprint density at radius 3 is 2.00 bits per heavy atom. The number of hydrogen-bond donors (Lipinski definition) is 0. The Bertz CT molecular complexity index is 780. The van der Waals surface area contributed by atoms with E-state index < -0.39 is 11.1 Å². The van der Waals surface area contributed by atoms with Crippen LogP contribution in [0, 0.1) is 0 Å². The summed E-state index contributed by atoms with van der Waals surface area (Å²) in [6.07, 6.45) is 6.37. The van der Waals surface area contributed by atoms with Crippen molar-refractivity contribution >= 4 is 5.78 Å². The number of rotatable bonds is 2. The minimum Gasteiger partial charge on any atom is -0.290 e. The van der Waals surface area contributed by atoms with Crippen molar-refractivity contribution in [3.05, 3.63) is 95.6 Å². The van der Waals surface area contributed by atoms with Crippen LogP contribution in [0.25, 0.3) is 0 Å². The minimum absolute atomic E-state index is 0.128. The molecule has 2 heteroatoms. The fourth-order valence-electron chi connectivity index (χ4n) is 4.27. The molecule has 2 aliphatic carbocycles. The Balaban J connectivity index is 2.02. The zero-order valence-corrected chi connectivity index (χ0v) is 13.4. The summed E-state index contributed by atoms with van der Waals surface area (Å²) < 4.78 is 15.7. The lowest BCUT2D eigenvalue weighted by Gasteiger charge is -2.47. The third-order valence-corrected chi connectivity index (χ3v) is 5.33. The van der Waals surface area contributed by atoms with Crippen molar-refractivity contribution in [1.82, 2.24) is 0 Å². The van der Waals surface area contributed by atoms with Crippen LogP contribution in [0.1, 0.15) is 30.4 Å². The zero-order valence-electron chi connectivity index (χ0n) is 13.4. The Morgan fingerprint density at radius 2 is 1.42 bits per heavy atom. The molecule has 1 nitrogen and oxygen atoms in total. The van der Waals surface area contributed by atoms with Crippen LogP contribution < -0.4 is 0 Å². The van der Waals surface area contributed by atoms with Gasteiger partial charge in [-0.15, -0.1) is 0 Å². The SMILES string of the molecule is O=C1C=C[C@]2(F)CCCC(c3ccccc3)(c3ccccc3)C2=C1. The van der Waals surface area contributed by atoms with Crippen LogP contribution >= 0.6 is 0 Å². The number of halogens is 1. The number of carbonyl (C=O) groups excluding carboxylic acids is 1. The van der Waals surface area contributed by atoms with Crippen molar-refractivity contribution in [3.8, 4) is 0 Å². The van der Waals surface area contributed by atoms with E-state index in [1.54, 1.807) is 0 Å². The van der Waals surface area contributed by atoms with Crippen molar-refractivity contribution in [2.24, 2.45) is 0 Å². The number of alkyl halides is 1. The number of carbonyl (C=O) groups is 1.